The van der Waals surface area contributed by atoms with Gasteiger partial charge < -0.3 is 14.7 Å². The number of ether oxygens (including phenoxy) is 1. The number of ketones is 1. The van der Waals surface area contributed by atoms with E-state index in [1.54, 1.807) is 30.3 Å². The largest absolute Gasteiger partial charge is 0.508 e. The number of unbranched alkanes of at least 4 members (excludes halogenated alkanes) is 3. The Hall–Kier alpha value is -2.82. The van der Waals surface area contributed by atoms with E-state index in [4.69, 9.17) is 4.74 Å². The number of carbonyl (C=O) groups excluding carboxylic acids is 2. The van der Waals surface area contributed by atoms with Gasteiger partial charge in [0, 0.05) is 31.1 Å². The quantitative estimate of drug-likeness (QED) is 0.302. The molecule has 2 aromatic carbocycles. The van der Waals surface area contributed by atoms with Crippen LogP contribution in [-0.2, 0) is 4.74 Å². The first-order chi connectivity index (χ1) is 14.1. The molecule has 0 aliphatic heterocycles. The highest BCUT2D eigenvalue weighted by Gasteiger charge is 2.15. The van der Waals surface area contributed by atoms with Crippen LogP contribution in [0.1, 0.15) is 66.7 Å². The van der Waals surface area contributed by atoms with Gasteiger partial charge in [0.15, 0.2) is 5.78 Å². The van der Waals surface area contributed by atoms with Gasteiger partial charge >= 0.3 is 5.97 Å². The summed E-state index contributed by atoms with van der Waals surface area (Å²) in [6.45, 7) is 6.02. The molecule has 1 N–H and O–H groups in total. The Balaban J connectivity index is 1.72. The van der Waals surface area contributed by atoms with E-state index in [2.05, 4.69) is 4.90 Å². The van der Waals surface area contributed by atoms with Crippen LogP contribution >= 0.6 is 0 Å². The Morgan fingerprint density at radius 1 is 0.931 bits per heavy atom. The molecule has 0 aromatic heterocycles. The van der Waals surface area contributed by atoms with Crippen LogP contribution in [-0.4, -0.2) is 36.6 Å². The summed E-state index contributed by atoms with van der Waals surface area (Å²) >= 11 is 0. The van der Waals surface area contributed by atoms with Crippen LogP contribution in [0.4, 0.5) is 5.69 Å². The molecular weight excluding hydrogens is 366 g/mol. The second-order valence-corrected chi connectivity index (χ2v) is 6.96. The number of hydrogen-bond acceptors (Lipinski definition) is 5. The Bertz CT molecular complexity index is 785. The van der Waals surface area contributed by atoms with E-state index < -0.39 is 0 Å². The van der Waals surface area contributed by atoms with Crippen molar-refractivity contribution < 1.29 is 19.4 Å². The molecule has 0 aliphatic carbocycles. The zero-order chi connectivity index (χ0) is 21.1. The zero-order valence-electron chi connectivity index (χ0n) is 17.4. The number of anilines is 1. The first kappa shape index (κ1) is 22.5. The first-order valence-corrected chi connectivity index (χ1v) is 10.4. The summed E-state index contributed by atoms with van der Waals surface area (Å²) in [5, 5.41) is 9.79. The molecule has 0 saturated carbocycles. The smallest absolute Gasteiger partial charge is 0.338 e. The molecule has 0 fully saturated rings. The highest BCUT2D eigenvalue weighted by atomic mass is 16.5. The van der Waals surface area contributed by atoms with Crippen molar-refractivity contribution in [3.8, 4) is 5.75 Å². The number of phenols is 1. The Kier molecular flexibility index (Phi) is 9.22. The minimum atomic E-state index is -0.294. The highest BCUT2D eigenvalue weighted by Crippen LogP contribution is 2.27. The van der Waals surface area contributed by atoms with Crippen molar-refractivity contribution in [1.29, 1.82) is 0 Å². The summed E-state index contributed by atoms with van der Waals surface area (Å²) < 4.78 is 5.27. The lowest BCUT2D eigenvalue weighted by atomic mass is 10.0. The predicted molar refractivity (Wildman–Crippen MR) is 116 cm³/mol. The molecule has 156 valence electrons. The molecule has 29 heavy (non-hydrogen) atoms. The molecular formula is C24H31NO4. The number of benzene rings is 2. The fraction of sp³-hybridized carbons (Fsp3) is 0.417. The van der Waals surface area contributed by atoms with Gasteiger partial charge in [-0.15, -0.1) is 0 Å². The maximum Gasteiger partial charge on any atom is 0.338 e. The Labute approximate surface area is 173 Å². The third-order valence-corrected chi connectivity index (χ3v) is 4.93. The second kappa shape index (κ2) is 11.9. The van der Waals surface area contributed by atoms with Crippen molar-refractivity contribution in [3.05, 3.63) is 59.7 Å². The van der Waals surface area contributed by atoms with Gasteiger partial charge in [0.2, 0.25) is 0 Å². The summed E-state index contributed by atoms with van der Waals surface area (Å²) in [6.07, 6.45) is 3.88. The van der Waals surface area contributed by atoms with Crippen molar-refractivity contribution in [3.63, 3.8) is 0 Å². The molecule has 5 heteroatoms. The zero-order valence-corrected chi connectivity index (χ0v) is 17.4. The molecule has 0 unspecified atom stereocenters. The van der Waals surface area contributed by atoms with Crippen molar-refractivity contribution in [2.24, 2.45) is 0 Å². The molecule has 0 spiro atoms. The number of carbonyl (C=O) groups is 2. The highest BCUT2D eigenvalue weighted by molar-refractivity contribution is 6.01. The molecule has 0 atom stereocenters. The van der Waals surface area contributed by atoms with Gasteiger partial charge in [0.1, 0.15) is 5.75 Å². The van der Waals surface area contributed by atoms with Crippen molar-refractivity contribution in [2.45, 2.75) is 46.0 Å². The molecule has 0 saturated heterocycles. The van der Waals surface area contributed by atoms with E-state index in [0.29, 0.717) is 24.2 Å². The van der Waals surface area contributed by atoms with Crippen LogP contribution in [0.25, 0.3) is 0 Å². The van der Waals surface area contributed by atoms with Crippen LogP contribution in [0.15, 0.2) is 48.5 Å². The van der Waals surface area contributed by atoms with Crippen molar-refractivity contribution >= 4 is 17.4 Å². The van der Waals surface area contributed by atoms with Crippen LogP contribution < -0.4 is 4.90 Å². The van der Waals surface area contributed by atoms with E-state index >= 15 is 0 Å². The van der Waals surface area contributed by atoms with Crippen molar-refractivity contribution in [1.82, 2.24) is 0 Å². The number of hydrogen-bond donors (Lipinski definition) is 1. The molecule has 0 amide bonds. The number of rotatable bonds is 12. The van der Waals surface area contributed by atoms with Crippen LogP contribution in [0, 0.1) is 0 Å². The topological polar surface area (TPSA) is 66.8 Å². The first-order valence-electron chi connectivity index (χ1n) is 10.4. The van der Waals surface area contributed by atoms with Gasteiger partial charge in [0.25, 0.3) is 0 Å². The van der Waals surface area contributed by atoms with E-state index in [9.17, 15) is 14.7 Å². The van der Waals surface area contributed by atoms with Crippen LogP contribution in [0.5, 0.6) is 5.75 Å². The lowest BCUT2D eigenvalue weighted by Crippen LogP contribution is -2.24. The molecule has 0 aliphatic rings. The summed E-state index contributed by atoms with van der Waals surface area (Å²) in [6, 6.07) is 13.9. The Morgan fingerprint density at radius 2 is 1.62 bits per heavy atom. The van der Waals surface area contributed by atoms with Gasteiger partial charge in [-0.3, -0.25) is 4.79 Å². The van der Waals surface area contributed by atoms with E-state index in [-0.39, 0.29) is 17.5 Å². The fourth-order valence-corrected chi connectivity index (χ4v) is 3.28. The average molecular weight is 398 g/mol. The summed E-state index contributed by atoms with van der Waals surface area (Å²) in [7, 11) is 0. The van der Waals surface area contributed by atoms with E-state index in [0.717, 1.165) is 44.5 Å². The third-order valence-electron chi connectivity index (χ3n) is 4.93. The molecule has 2 rings (SSSR count). The number of Topliss-reactive ketones (excluding diaryl/α,β-unsaturated/α-hetero) is 1. The fourth-order valence-electron chi connectivity index (χ4n) is 3.28. The standard InChI is InChI=1S/C24H31NO4/c1-3-25(4-2)22-18-20(26)15-16-21(22)23(27)14-10-5-6-11-17-29-24(28)19-12-8-7-9-13-19/h7-9,12-13,15-16,18,26H,3-6,10-11,14,17H2,1-2H3. The molecule has 0 heterocycles. The molecule has 0 bridgehead atoms. The average Bonchev–Trinajstić information content (AvgIpc) is 2.74. The maximum atomic E-state index is 12.7. The van der Waals surface area contributed by atoms with Gasteiger partial charge in [0.05, 0.1) is 17.9 Å². The van der Waals surface area contributed by atoms with E-state index in [1.165, 1.54) is 0 Å². The number of aromatic hydroxyl groups is 1. The minimum Gasteiger partial charge on any atom is -0.508 e. The van der Waals surface area contributed by atoms with Gasteiger partial charge in [-0.25, -0.2) is 4.79 Å². The number of phenolic OH excluding ortho intramolecular Hbond substituents is 1. The van der Waals surface area contributed by atoms with Crippen LogP contribution in [0.2, 0.25) is 0 Å². The summed E-state index contributed by atoms with van der Waals surface area (Å²) in [5.74, 6) is -0.0204. The van der Waals surface area contributed by atoms with Gasteiger partial charge in [-0.1, -0.05) is 31.0 Å². The van der Waals surface area contributed by atoms with Crippen LogP contribution in [0.3, 0.4) is 0 Å². The maximum absolute atomic E-state index is 12.7. The lowest BCUT2D eigenvalue weighted by molar-refractivity contribution is 0.0497. The molecule has 0 radical (unpaired) electrons. The third kappa shape index (κ3) is 6.93. The minimum absolute atomic E-state index is 0.0994. The lowest BCUT2D eigenvalue weighted by Gasteiger charge is -2.24. The van der Waals surface area contributed by atoms with Gasteiger partial charge in [-0.05, 0) is 51.0 Å². The SMILES string of the molecule is CCN(CC)c1cc(O)ccc1C(=O)CCCCCCOC(=O)c1ccccc1. The number of esters is 1. The summed E-state index contributed by atoms with van der Waals surface area (Å²) in [4.78, 5) is 26.6. The second-order valence-electron chi connectivity index (χ2n) is 6.96. The van der Waals surface area contributed by atoms with Crippen molar-refractivity contribution in [2.75, 3.05) is 24.6 Å². The normalized spacial score (nSPS) is 10.6. The van der Waals surface area contributed by atoms with E-state index in [1.807, 2.05) is 32.0 Å². The summed E-state index contributed by atoms with van der Waals surface area (Å²) in [5.41, 5.74) is 2.03. The monoisotopic (exact) mass is 397 g/mol. The van der Waals surface area contributed by atoms with Gasteiger partial charge in [-0.2, -0.15) is 0 Å². The number of nitrogens with zero attached hydrogens (tertiary/aromatic N) is 1. The molecule has 2 aromatic rings. The predicted octanol–water partition coefficient (Wildman–Crippen LogP) is 5.23. The Morgan fingerprint density at radius 3 is 2.31 bits per heavy atom. The molecule has 5 nitrogen and oxygen atoms in total.